The van der Waals surface area contributed by atoms with Crippen LogP contribution in [0.4, 0.5) is 4.39 Å². The third-order valence-electron chi connectivity index (χ3n) is 6.12. The van der Waals surface area contributed by atoms with Crippen molar-refractivity contribution in [3.05, 3.63) is 94.6 Å². The number of ether oxygens (including phenoxy) is 3. The van der Waals surface area contributed by atoms with Gasteiger partial charge in [0.1, 0.15) is 29.7 Å². The van der Waals surface area contributed by atoms with E-state index in [9.17, 15) is 9.18 Å². The highest BCUT2D eigenvalue weighted by Gasteiger charge is 2.30. The summed E-state index contributed by atoms with van der Waals surface area (Å²) in [7, 11) is 1.63. The van der Waals surface area contributed by atoms with Crippen LogP contribution in [0.5, 0.6) is 17.2 Å². The SMILES string of the molecule is CCn1cc(/C=C2\Oc3c(ccc(OCc4ccccc4F)c3C)C2=O)c2cc(OC)ccc21. The second kappa shape index (κ2) is 8.71. The van der Waals surface area contributed by atoms with Crippen molar-refractivity contribution in [2.75, 3.05) is 7.11 Å². The number of hydrogen-bond acceptors (Lipinski definition) is 4. The van der Waals surface area contributed by atoms with Crippen molar-refractivity contribution in [3.8, 4) is 17.2 Å². The molecule has 0 radical (unpaired) electrons. The molecule has 0 saturated heterocycles. The molecule has 2 heterocycles. The summed E-state index contributed by atoms with van der Waals surface area (Å²) in [6.45, 7) is 4.78. The molecule has 1 aliphatic heterocycles. The number of methoxy groups -OCH3 is 1. The number of hydrogen-bond donors (Lipinski definition) is 0. The molecule has 34 heavy (non-hydrogen) atoms. The molecule has 0 unspecified atom stereocenters. The van der Waals surface area contributed by atoms with Crippen LogP contribution in [0.3, 0.4) is 0 Å². The van der Waals surface area contributed by atoms with Crippen LogP contribution >= 0.6 is 0 Å². The lowest BCUT2D eigenvalue weighted by atomic mass is 10.1. The lowest BCUT2D eigenvalue weighted by Crippen LogP contribution is -2.00. The highest BCUT2D eigenvalue weighted by Crippen LogP contribution is 2.40. The molecular formula is C28H24FNO4. The van der Waals surface area contributed by atoms with E-state index in [-0.39, 0.29) is 24.0 Å². The van der Waals surface area contributed by atoms with Gasteiger partial charge < -0.3 is 18.8 Å². The first-order valence-electron chi connectivity index (χ1n) is 11.1. The van der Waals surface area contributed by atoms with Crippen LogP contribution in [0.15, 0.2) is 66.6 Å². The molecule has 0 N–H and O–H groups in total. The van der Waals surface area contributed by atoms with Crippen molar-refractivity contribution in [2.24, 2.45) is 0 Å². The average molecular weight is 458 g/mol. The molecule has 3 aromatic carbocycles. The first-order valence-corrected chi connectivity index (χ1v) is 11.1. The molecule has 172 valence electrons. The van der Waals surface area contributed by atoms with Crippen LogP contribution < -0.4 is 14.2 Å². The number of ketones is 1. The Morgan fingerprint density at radius 3 is 2.71 bits per heavy atom. The Morgan fingerprint density at radius 1 is 1.12 bits per heavy atom. The maximum Gasteiger partial charge on any atom is 0.231 e. The summed E-state index contributed by atoms with van der Waals surface area (Å²) in [5, 5.41) is 0.978. The number of carbonyl (C=O) groups is 1. The highest BCUT2D eigenvalue weighted by molar-refractivity contribution is 6.15. The zero-order valence-corrected chi connectivity index (χ0v) is 19.2. The van der Waals surface area contributed by atoms with Crippen molar-refractivity contribution in [2.45, 2.75) is 27.0 Å². The summed E-state index contributed by atoms with van der Waals surface area (Å²) in [4.78, 5) is 13.1. The van der Waals surface area contributed by atoms with Crippen LogP contribution in [-0.4, -0.2) is 17.5 Å². The molecule has 0 bridgehead atoms. The zero-order valence-electron chi connectivity index (χ0n) is 19.2. The van der Waals surface area contributed by atoms with E-state index in [1.54, 1.807) is 43.5 Å². The van der Waals surface area contributed by atoms with Crippen LogP contribution in [0.25, 0.3) is 17.0 Å². The second-order valence-electron chi connectivity index (χ2n) is 8.14. The van der Waals surface area contributed by atoms with Crippen LogP contribution in [0, 0.1) is 12.7 Å². The summed E-state index contributed by atoms with van der Waals surface area (Å²) >= 11 is 0. The second-order valence-corrected chi connectivity index (χ2v) is 8.14. The molecule has 6 heteroatoms. The number of nitrogens with zero attached hydrogens (tertiary/aromatic N) is 1. The normalized spacial score (nSPS) is 13.9. The minimum absolute atomic E-state index is 0.0846. The van der Waals surface area contributed by atoms with Crippen LogP contribution in [0.1, 0.15) is 34.0 Å². The van der Waals surface area contributed by atoms with Crippen molar-refractivity contribution in [1.82, 2.24) is 4.57 Å². The van der Waals surface area contributed by atoms with E-state index in [1.165, 1.54) is 6.07 Å². The van der Waals surface area contributed by atoms with Gasteiger partial charge in [0, 0.05) is 40.3 Å². The summed E-state index contributed by atoms with van der Waals surface area (Å²) in [6, 6.07) is 15.8. The fraction of sp³-hybridized carbons (Fsp3) is 0.179. The van der Waals surface area contributed by atoms with E-state index >= 15 is 0 Å². The van der Waals surface area contributed by atoms with Gasteiger partial charge in [-0.15, -0.1) is 0 Å². The fourth-order valence-corrected chi connectivity index (χ4v) is 4.24. The van der Waals surface area contributed by atoms with Gasteiger partial charge in [-0.05, 0) is 56.3 Å². The van der Waals surface area contributed by atoms with E-state index in [4.69, 9.17) is 14.2 Å². The molecular weight excluding hydrogens is 433 g/mol. The van der Waals surface area contributed by atoms with Crippen LogP contribution in [0.2, 0.25) is 0 Å². The Kier molecular flexibility index (Phi) is 5.57. The van der Waals surface area contributed by atoms with Crippen molar-refractivity contribution < 1.29 is 23.4 Å². The fourth-order valence-electron chi connectivity index (χ4n) is 4.24. The molecule has 1 aliphatic rings. The van der Waals surface area contributed by atoms with Gasteiger partial charge in [-0.25, -0.2) is 4.39 Å². The maximum atomic E-state index is 13.9. The summed E-state index contributed by atoms with van der Waals surface area (Å²) in [5.41, 5.74) is 3.57. The number of rotatable bonds is 6. The van der Waals surface area contributed by atoms with Gasteiger partial charge >= 0.3 is 0 Å². The van der Waals surface area contributed by atoms with Crippen LogP contribution in [-0.2, 0) is 13.2 Å². The minimum Gasteiger partial charge on any atom is -0.497 e. The lowest BCUT2D eigenvalue weighted by Gasteiger charge is -2.12. The minimum atomic E-state index is -0.319. The molecule has 0 amide bonds. The monoisotopic (exact) mass is 457 g/mol. The molecule has 0 aliphatic carbocycles. The number of carbonyl (C=O) groups excluding carboxylic acids is 1. The number of Topliss-reactive ketones (excluding diaryl/α,β-unsaturated/α-hetero) is 1. The first-order chi connectivity index (χ1) is 16.5. The molecule has 4 aromatic rings. The van der Waals surface area contributed by atoms with Gasteiger partial charge in [0.2, 0.25) is 5.78 Å². The number of aryl methyl sites for hydroxylation is 1. The Labute approximate surface area is 197 Å². The number of halogens is 1. The third kappa shape index (κ3) is 3.71. The molecule has 5 nitrogen and oxygen atoms in total. The Bertz CT molecular complexity index is 1450. The predicted octanol–water partition coefficient (Wildman–Crippen LogP) is 6.31. The van der Waals surface area contributed by atoms with E-state index in [0.717, 1.165) is 28.8 Å². The van der Waals surface area contributed by atoms with Gasteiger partial charge in [-0.2, -0.15) is 0 Å². The maximum absolute atomic E-state index is 13.9. The van der Waals surface area contributed by atoms with Crippen molar-refractivity contribution in [1.29, 1.82) is 0 Å². The standard InChI is InChI=1S/C28H24FNO4/c1-4-30-15-19(22-14-20(32-3)9-11-24(22)30)13-26-27(31)21-10-12-25(17(2)28(21)34-26)33-16-18-7-5-6-8-23(18)29/h5-15H,4,16H2,1-3H3/b26-13-. The van der Waals surface area contributed by atoms with E-state index in [1.807, 2.05) is 31.3 Å². The molecule has 0 fully saturated rings. The summed E-state index contributed by atoms with van der Waals surface area (Å²) in [5.74, 6) is 1.51. The lowest BCUT2D eigenvalue weighted by molar-refractivity contribution is 0.101. The first kappa shape index (κ1) is 21.8. The predicted molar refractivity (Wildman–Crippen MR) is 129 cm³/mol. The Hall–Kier alpha value is -4.06. The van der Waals surface area contributed by atoms with Gasteiger partial charge in [0.15, 0.2) is 5.76 Å². The van der Waals surface area contributed by atoms with Crippen molar-refractivity contribution >= 4 is 22.8 Å². The topological polar surface area (TPSA) is 49.7 Å². The van der Waals surface area contributed by atoms with Gasteiger partial charge in [0.25, 0.3) is 0 Å². The Morgan fingerprint density at radius 2 is 1.94 bits per heavy atom. The molecule has 0 spiro atoms. The van der Waals surface area contributed by atoms with Crippen molar-refractivity contribution in [3.63, 3.8) is 0 Å². The molecule has 5 rings (SSSR count). The highest BCUT2D eigenvalue weighted by atomic mass is 19.1. The number of benzene rings is 3. The van der Waals surface area contributed by atoms with E-state index < -0.39 is 0 Å². The molecule has 1 aromatic heterocycles. The van der Waals surface area contributed by atoms with Gasteiger partial charge in [-0.1, -0.05) is 18.2 Å². The molecule has 0 atom stereocenters. The van der Waals surface area contributed by atoms with E-state index in [2.05, 4.69) is 11.5 Å². The quantitative estimate of drug-likeness (QED) is 0.318. The Balaban J connectivity index is 1.46. The third-order valence-corrected chi connectivity index (χ3v) is 6.12. The van der Waals surface area contributed by atoms with E-state index in [0.29, 0.717) is 28.2 Å². The van der Waals surface area contributed by atoms with Gasteiger partial charge in [0.05, 0.1) is 12.7 Å². The molecule has 0 saturated carbocycles. The average Bonchev–Trinajstić information content (AvgIpc) is 3.37. The summed E-state index contributed by atoms with van der Waals surface area (Å²) < 4.78 is 33.3. The largest absolute Gasteiger partial charge is 0.497 e. The smallest absolute Gasteiger partial charge is 0.231 e. The zero-order chi connectivity index (χ0) is 23.8. The van der Waals surface area contributed by atoms with Gasteiger partial charge in [-0.3, -0.25) is 4.79 Å². The number of aromatic nitrogens is 1. The number of allylic oxidation sites excluding steroid dienone is 1. The number of fused-ring (bicyclic) bond motifs is 2. The summed E-state index contributed by atoms with van der Waals surface area (Å²) in [6.07, 6.45) is 3.78.